The third-order valence-corrected chi connectivity index (χ3v) is 5.05. The normalized spacial score (nSPS) is 16.1. The molecule has 0 aromatic heterocycles. The topological polar surface area (TPSA) is 64.1 Å². The van der Waals surface area contributed by atoms with E-state index in [1.807, 2.05) is 25.1 Å². The molecule has 0 spiro atoms. The fraction of sp³-hybridized carbons (Fsp3) is 0.650. The van der Waals surface area contributed by atoms with Gasteiger partial charge in [-0.3, -0.25) is 4.99 Å². The number of hydrogen-bond acceptors (Lipinski definition) is 4. The molecule has 1 aromatic carbocycles. The van der Waals surface area contributed by atoms with Crippen molar-refractivity contribution in [1.82, 2.24) is 10.6 Å². The number of nitrogens with zero attached hydrogens (tertiary/aromatic N) is 1. The van der Waals surface area contributed by atoms with Crippen molar-refractivity contribution in [2.45, 2.75) is 39.2 Å². The first kappa shape index (κ1) is 23.8. The number of guanidine groups is 1. The number of rotatable bonds is 10. The van der Waals surface area contributed by atoms with Crippen LogP contribution in [0, 0.1) is 5.41 Å². The Morgan fingerprint density at radius 1 is 1.26 bits per heavy atom. The predicted molar refractivity (Wildman–Crippen MR) is 121 cm³/mol. The Labute approximate surface area is 180 Å². The van der Waals surface area contributed by atoms with Crippen LogP contribution >= 0.6 is 24.0 Å². The van der Waals surface area contributed by atoms with Crippen LogP contribution in [-0.4, -0.2) is 47.0 Å². The molecular formula is C20H34IN3O3. The maximum absolute atomic E-state index is 5.51. The molecule has 1 unspecified atom stereocenters. The molecule has 0 radical (unpaired) electrons. The molecule has 0 amide bonds. The SMILES string of the molecule is CCOCCC1(CNC(=NC)NC(C)c2cc(OC)ccc2OC)CC1.I. The first-order valence-electron chi connectivity index (χ1n) is 9.34. The molecule has 1 aliphatic rings. The van der Waals surface area contributed by atoms with Crippen LogP contribution in [0.25, 0.3) is 0 Å². The van der Waals surface area contributed by atoms with Gasteiger partial charge in [0, 0.05) is 32.4 Å². The molecule has 7 heteroatoms. The summed E-state index contributed by atoms with van der Waals surface area (Å²) in [6, 6.07) is 5.85. The molecule has 0 saturated heterocycles. The van der Waals surface area contributed by atoms with Gasteiger partial charge < -0.3 is 24.8 Å². The fourth-order valence-electron chi connectivity index (χ4n) is 3.05. The standard InChI is InChI=1S/C20H33N3O3.HI/c1-6-26-12-11-20(9-10-20)14-22-19(21-3)23-15(2)17-13-16(24-4)7-8-18(17)25-5;/h7-8,13,15H,6,9-12,14H2,1-5H3,(H2,21,22,23);1H. The van der Waals surface area contributed by atoms with Crippen molar-refractivity contribution in [2.75, 3.05) is 41.0 Å². The second-order valence-corrected chi connectivity index (χ2v) is 6.85. The smallest absolute Gasteiger partial charge is 0.191 e. The molecule has 0 aliphatic heterocycles. The highest BCUT2D eigenvalue weighted by Gasteiger charge is 2.42. The average molecular weight is 491 g/mol. The molecule has 0 bridgehead atoms. The Morgan fingerprint density at radius 2 is 2.00 bits per heavy atom. The van der Waals surface area contributed by atoms with Crippen LogP contribution < -0.4 is 20.1 Å². The highest BCUT2D eigenvalue weighted by Crippen LogP contribution is 2.48. The molecular weight excluding hydrogens is 457 g/mol. The van der Waals surface area contributed by atoms with Crippen molar-refractivity contribution < 1.29 is 14.2 Å². The summed E-state index contributed by atoms with van der Waals surface area (Å²) < 4.78 is 16.3. The second-order valence-electron chi connectivity index (χ2n) is 6.85. The minimum absolute atomic E-state index is 0. The molecule has 154 valence electrons. The van der Waals surface area contributed by atoms with E-state index in [0.717, 1.165) is 49.2 Å². The molecule has 6 nitrogen and oxygen atoms in total. The van der Waals surface area contributed by atoms with Crippen molar-refractivity contribution in [3.05, 3.63) is 23.8 Å². The highest BCUT2D eigenvalue weighted by molar-refractivity contribution is 14.0. The Bertz CT molecular complexity index is 606. The van der Waals surface area contributed by atoms with E-state index < -0.39 is 0 Å². The summed E-state index contributed by atoms with van der Waals surface area (Å²) in [6.07, 6.45) is 3.61. The van der Waals surface area contributed by atoms with Crippen molar-refractivity contribution in [3.63, 3.8) is 0 Å². The maximum Gasteiger partial charge on any atom is 0.191 e. The first-order valence-corrected chi connectivity index (χ1v) is 9.34. The molecule has 0 heterocycles. The van der Waals surface area contributed by atoms with E-state index in [1.54, 1.807) is 21.3 Å². The number of ether oxygens (including phenoxy) is 3. The van der Waals surface area contributed by atoms with Gasteiger partial charge in [-0.1, -0.05) is 0 Å². The van der Waals surface area contributed by atoms with Crippen LogP contribution in [0.1, 0.15) is 44.7 Å². The van der Waals surface area contributed by atoms with Crippen LogP contribution in [0.3, 0.4) is 0 Å². The number of aliphatic imine (C=N–C) groups is 1. The number of hydrogen-bond donors (Lipinski definition) is 2. The van der Waals surface area contributed by atoms with E-state index in [0.29, 0.717) is 5.41 Å². The zero-order valence-corrected chi connectivity index (χ0v) is 19.5. The van der Waals surface area contributed by atoms with Crippen LogP contribution in [0.15, 0.2) is 23.2 Å². The van der Waals surface area contributed by atoms with E-state index >= 15 is 0 Å². The lowest BCUT2D eigenvalue weighted by Crippen LogP contribution is -2.41. The van der Waals surface area contributed by atoms with E-state index in [2.05, 4.69) is 22.5 Å². The summed E-state index contributed by atoms with van der Waals surface area (Å²) in [6.45, 7) is 6.67. The molecule has 27 heavy (non-hydrogen) atoms. The molecule has 1 atom stereocenters. The Hall–Kier alpha value is -1.22. The number of nitrogens with one attached hydrogen (secondary N) is 2. The van der Waals surface area contributed by atoms with Crippen molar-refractivity contribution >= 4 is 29.9 Å². The lowest BCUT2D eigenvalue weighted by atomic mass is 10.0. The Morgan fingerprint density at radius 3 is 2.56 bits per heavy atom. The molecule has 2 rings (SSSR count). The van der Waals surface area contributed by atoms with Crippen LogP contribution in [-0.2, 0) is 4.74 Å². The zero-order valence-electron chi connectivity index (χ0n) is 17.1. The fourth-order valence-corrected chi connectivity index (χ4v) is 3.05. The van der Waals surface area contributed by atoms with Gasteiger partial charge in [0.25, 0.3) is 0 Å². The van der Waals surface area contributed by atoms with Gasteiger partial charge in [0.05, 0.1) is 20.3 Å². The minimum atomic E-state index is 0. The van der Waals surface area contributed by atoms with Gasteiger partial charge in [0.2, 0.25) is 0 Å². The van der Waals surface area contributed by atoms with Crippen molar-refractivity contribution in [1.29, 1.82) is 0 Å². The van der Waals surface area contributed by atoms with Crippen LogP contribution in [0.2, 0.25) is 0 Å². The van der Waals surface area contributed by atoms with Gasteiger partial charge in [-0.15, -0.1) is 24.0 Å². The quantitative estimate of drug-likeness (QED) is 0.226. The monoisotopic (exact) mass is 491 g/mol. The van der Waals surface area contributed by atoms with E-state index in [9.17, 15) is 0 Å². The number of benzene rings is 1. The summed E-state index contributed by atoms with van der Waals surface area (Å²) in [5.74, 6) is 2.44. The van der Waals surface area contributed by atoms with Gasteiger partial charge >= 0.3 is 0 Å². The minimum Gasteiger partial charge on any atom is -0.497 e. The predicted octanol–water partition coefficient (Wildman–Crippen LogP) is 3.75. The first-order chi connectivity index (χ1) is 12.6. The third kappa shape index (κ3) is 7.03. The second kappa shape index (κ2) is 11.6. The molecule has 1 fully saturated rings. The van der Waals surface area contributed by atoms with Crippen LogP contribution in [0.4, 0.5) is 0 Å². The van der Waals surface area contributed by atoms with Crippen molar-refractivity contribution in [2.24, 2.45) is 10.4 Å². The average Bonchev–Trinajstić information content (AvgIpc) is 3.44. The van der Waals surface area contributed by atoms with Gasteiger partial charge in [-0.2, -0.15) is 0 Å². The van der Waals surface area contributed by atoms with E-state index in [1.165, 1.54) is 12.8 Å². The van der Waals surface area contributed by atoms with Gasteiger partial charge in [-0.25, -0.2) is 0 Å². The largest absolute Gasteiger partial charge is 0.497 e. The highest BCUT2D eigenvalue weighted by atomic mass is 127. The molecule has 1 aromatic rings. The lowest BCUT2D eigenvalue weighted by Gasteiger charge is -2.23. The summed E-state index contributed by atoms with van der Waals surface area (Å²) in [5.41, 5.74) is 1.40. The molecule has 1 aliphatic carbocycles. The maximum atomic E-state index is 5.51. The number of methoxy groups -OCH3 is 2. The third-order valence-electron chi connectivity index (χ3n) is 5.05. The van der Waals surface area contributed by atoms with Gasteiger partial charge in [0.15, 0.2) is 5.96 Å². The number of halogens is 1. The Balaban J connectivity index is 0.00000364. The van der Waals surface area contributed by atoms with E-state index in [4.69, 9.17) is 14.2 Å². The van der Waals surface area contributed by atoms with Crippen molar-refractivity contribution in [3.8, 4) is 11.5 Å². The lowest BCUT2D eigenvalue weighted by molar-refractivity contribution is 0.128. The summed E-state index contributed by atoms with van der Waals surface area (Å²) in [4.78, 5) is 4.37. The molecule has 2 N–H and O–H groups in total. The summed E-state index contributed by atoms with van der Waals surface area (Å²) >= 11 is 0. The van der Waals surface area contributed by atoms with E-state index in [-0.39, 0.29) is 30.0 Å². The summed E-state index contributed by atoms with van der Waals surface area (Å²) in [5, 5.41) is 6.93. The Kier molecular flexibility index (Phi) is 10.2. The van der Waals surface area contributed by atoms with Gasteiger partial charge in [-0.05, 0) is 56.7 Å². The molecule has 1 saturated carbocycles. The van der Waals surface area contributed by atoms with Crippen LogP contribution in [0.5, 0.6) is 11.5 Å². The van der Waals surface area contributed by atoms with Gasteiger partial charge in [0.1, 0.15) is 11.5 Å². The summed E-state index contributed by atoms with van der Waals surface area (Å²) in [7, 11) is 5.15. The zero-order chi connectivity index (χ0) is 19.0.